The van der Waals surface area contributed by atoms with Gasteiger partial charge < -0.3 is 36.8 Å². The number of anilines is 2. The number of amides is 5. The largest absolute Gasteiger partial charge is 0.497 e. The highest BCUT2D eigenvalue weighted by Gasteiger charge is 2.33. The SMILES string of the molecule is COc1ccc(C[C@@H](NC(=O)[C@@H](CC(=O)[C@H](CO)NC(=O)[C@@H](CC(=O)Cc2ccc(NC(=O)Nc3ccccc3C)cc2)CC(C)C)CC2CCCCC2)C(N)=O)cc1. The summed E-state index contributed by atoms with van der Waals surface area (Å²) in [4.78, 5) is 79.7. The lowest BCUT2D eigenvalue weighted by molar-refractivity contribution is -0.135. The van der Waals surface area contributed by atoms with Crippen molar-refractivity contribution in [1.29, 1.82) is 0 Å². The Kier molecular flexibility index (Phi) is 18.1. The van der Waals surface area contributed by atoms with Crippen molar-refractivity contribution in [2.45, 2.75) is 103 Å². The number of aliphatic hydroxyl groups excluding tert-OH is 1. The van der Waals surface area contributed by atoms with Crippen LogP contribution < -0.4 is 31.7 Å². The molecule has 0 unspecified atom stereocenters. The molecular weight excluding hydrogens is 751 g/mol. The molecule has 1 aliphatic rings. The number of para-hydroxylation sites is 1. The summed E-state index contributed by atoms with van der Waals surface area (Å²) in [6, 6.07) is 18.7. The van der Waals surface area contributed by atoms with E-state index < -0.39 is 60.1 Å². The number of hydrogen-bond acceptors (Lipinski definition) is 8. The highest BCUT2D eigenvalue weighted by Crippen LogP contribution is 2.31. The Bertz CT molecular complexity index is 1870. The second kappa shape index (κ2) is 23.1. The number of aliphatic hydroxyl groups is 1. The first kappa shape index (κ1) is 46.1. The van der Waals surface area contributed by atoms with Crippen molar-refractivity contribution in [1.82, 2.24) is 10.6 Å². The fraction of sp³-hybridized carbons (Fsp3) is 0.478. The van der Waals surface area contributed by atoms with Crippen LogP contribution in [0.25, 0.3) is 0 Å². The zero-order valence-electron chi connectivity index (χ0n) is 34.8. The summed E-state index contributed by atoms with van der Waals surface area (Å²) < 4.78 is 5.21. The average molecular weight is 812 g/mol. The van der Waals surface area contributed by atoms with Crippen molar-refractivity contribution in [3.05, 3.63) is 89.5 Å². The van der Waals surface area contributed by atoms with Crippen molar-refractivity contribution < 1.29 is 38.6 Å². The van der Waals surface area contributed by atoms with Crippen LogP contribution in [-0.4, -0.2) is 66.2 Å². The zero-order chi connectivity index (χ0) is 42.9. The number of primary amides is 1. The molecular formula is C46H61N5O8. The monoisotopic (exact) mass is 811 g/mol. The van der Waals surface area contributed by atoms with Gasteiger partial charge in [-0.3, -0.25) is 24.0 Å². The minimum absolute atomic E-state index is 0.0534. The standard InChI is InChI=1S/C46H61N5O8/c1-29(2)22-34(26-37(53)24-32-14-18-36(19-15-32)48-46(58)51-39-13-9-8-10-30(39)3)44(56)50-41(28-52)42(54)27-35(23-31-11-6-5-7-12-31)45(57)49-40(43(47)55)25-33-16-20-38(59-4)21-17-33/h8-10,13-21,29,31,34-35,40-41,52H,5-7,11-12,22-28H2,1-4H3,(H2,47,55)(H,49,57)(H,50,56)(H2,48,51,58)/t34-,35-,40-,41+/m1/s1. The van der Waals surface area contributed by atoms with Gasteiger partial charge >= 0.3 is 6.03 Å². The van der Waals surface area contributed by atoms with Crippen LogP contribution in [0.2, 0.25) is 0 Å². The number of methoxy groups -OCH3 is 1. The molecule has 1 aliphatic carbocycles. The molecule has 3 aromatic rings. The van der Waals surface area contributed by atoms with E-state index in [2.05, 4.69) is 21.3 Å². The van der Waals surface area contributed by atoms with Crippen molar-refractivity contribution in [3.63, 3.8) is 0 Å². The van der Waals surface area contributed by atoms with Crippen LogP contribution in [0.15, 0.2) is 72.8 Å². The zero-order valence-corrected chi connectivity index (χ0v) is 34.8. The van der Waals surface area contributed by atoms with Gasteiger partial charge in [0.1, 0.15) is 23.6 Å². The van der Waals surface area contributed by atoms with E-state index >= 15 is 0 Å². The van der Waals surface area contributed by atoms with Crippen molar-refractivity contribution in [3.8, 4) is 5.75 Å². The number of urea groups is 1. The second-order valence-electron chi connectivity index (χ2n) is 16.2. The van der Waals surface area contributed by atoms with Gasteiger partial charge in [-0.2, -0.15) is 0 Å². The first-order chi connectivity index (χ1) is 28.2. The first-order valence-electron chi connectivity index (χ1n) is 20.6. The second-order valence-corrected chi connectivity index (χ2v) is 16.2. The van der Waals surface area contributed by atoms with Gasteiger partial charge in [0.2, 0.25) is 17.7 Å². The highest BCUT2D eigenvalue weighted by atomic mass is 16.5. The van der Waals surface area contributed by atoms with Crippen LogP contribution in [0.5, 0.6) is 5.75 Å². The van der Waals surface area contributed by atoms with Gasteiger partial charge in [0.25, 0.3) is 0 Å². The number of carbonyl (C=O) groups is 6. The van der Waals surface area contributed by atoms with Crippen LogP contribution in [0, 0.1) is 30.6 Å². The Balaban J connectivity index is 1.37. The molecule has 7 N–H and O–H groups in total. The van der Waals surface area contributed by atoms with Crippen LogP contribution in [0.4, 0.5) is 16.2 Å². The Morgan fingerprint density at radius 3 is 2.02 bits per heavy atom. The Morgan fingerprint density at radius 2 is 1.41 bits per heavy atom. The van der Waals surface area contributed by atoms with Gasteiger partial charge in [0.15, 0.2) is 5.78 Å². The molecule has 13 heteroatoms. The molecule has 4 rings (SSSR count). The number of benzene rings is 3. The third-order valence-electron chi connectivity index (χ3n) is 10.9. The maximum atomic E-state index is 13.8. The minimum atomic E-state index is -1.29. The lowest BCUT2D eigenvalue weighted by atomic mass is 9.80. The highest BCUT2D eigenvalue weighted by molar-refractivity contribution is 6.00. The predicted molar refractivity (Wildman–Crippen MR) is 228 cm³/mol. The van der Waals surface area contributed by atoms with Crippen molar-refractivity contribution in [2.75, 3.05) is 24.4 Å². The summed E-state index contributed by atoms with van der Waals surface area (Å²) in [7, 11) is 1.55. The quantitative estimate of drug-likeness (QED) is 0.0703. The molecule has 0 aromatic heterocycles. The number of nitrogens with two attached hydrogens (primary N) is 1. The number of ether oxygens (including phenoxy) is 1. The van der Waals surface area contributed by atoms with Gasteiger partial charge in [0, 0.05) is 48.9 Å². The molecule has 318 valence electrons. The van der Waals surface area contributed by atoms with E-state index in [0.717, 1.165) is 43.2 Å². The van der Waals surface area contributed by atoms with E-state index in [1.54, 1.807) is 55.6 Å². The number of Topliss-reactive ketones (excluding diaryl/α,β-unsaturated/α-hetero) is 2. The van der Waals surface area contributed by atoms with Gasteiger partial charge in [-0.25, -0.2) is 4.79 Å². The predicted octanol–water partition coefficient (Wildman–Crippen LogP) is 6.05. The lowest BCUT2D eigenvalue weighted by Gasteiger charge is -2.28. The van der Waals surface area contributed by atoms with Gasteiger partial charge in [-0.15, -0.1) is 0 Å². The summed E-state index contributed by atoms with van der Waals surface area (Å²) in [5.41, 5.74) is 9.36. The van der Waals surface area contributed by atoms with E-state index in [-0.39, 0.29) is 43.3 Å². The van der Waals surface area contributed by atoms with E-state index in [0.29, 0.717) is 35.5 Å². The number of rotatable bonds is 22. The fourth-order valence-corrected chi connectivity index (χ4v) is 7.65. The van der Waals surface area contributed by atoms with E-state index in [1.165, 1.54) is 0 Å². The number of aryl methyl sites for hydroxylation is 1. The Morgan fingerprint density at radius 1 is 0.780 bits per heavy atom. The van der Waals surface area contributed by atoms with Crippen LogP contribution in [0.1, 0.15) is 88.3 Å². The molecule has 59 heavy (non-hydrogen) atoms. The number of carbonyl (C=O) groups excluding carboxylic acids is 6. The Labute approximate surface area is 347 Å². The fourth-order valence-electron chi connectivity index (χ4n) is 7.65. The average Bonchev–Trinajstić information content (AvgIpc) is 3.21. The normalized spacial score (nSPS) is 14.9. The molecule has 3 aromatic carbocycles. The summed E-state index contributed by atoms with van der Waals surface area (Å²) in [5.74, 6) is -3.09. The molecule has 1 fully saturated rings. The maximum Gasteiger partial charge on any atom is 0.323 e. The first-order valence-corrected chi connectivity index (χ1v) is 20.6. The van der Waals surface area contributed by atoms with E-state index in [1.807, 2.05) is 45.0 Å². The van der Waals surface area contributed by atoms with E-state index in [4.69, 9.17) is 10.5 Å². The van der Waals surface area contributed by atoms with Crippen molar-refractivity contribution >= 4 is 46.7 Å². The molecule has 13 nitrogen and oxygen atoms in total. The topological polar surface area (TPSA) is 206 Å². The molecule has 0 heterocycles. The minimum Gasteiger partial charge on any atom is -0.497 e. The van der Waals surface area contributed by atoms with Crippen molar-refractivity contribution in [2.24, 2.45) is 29.4 Å². The van der Waals surface area contributed by atoms with Crippen LogP contribution >= 0.6 is 0 Å². The molecule has 1 saturated carbocycles. The van der Waals surface area contributed by atoms with Crippen LogP contribution in [-0.2, 0) is 36.8 Å². The molecule has 0 aliphatic heterocycles. The third-order valence-corrected chi connectivity index (χ3v) is 10.9. The van der Waals surface area contributed by atoms with E-state index in [9.17, 15) is 33.9 Å². The Hall–Kier alpha value is -5.56. The number of hydrogen-bond donors (Lipinski definition) is 6. The third kappa shape index (κ3) is 15.3. The van der Waals surface area contributed by atoms with Crippen LogP contribution in [0.3, 0.4) is 0 Å². The van der Waals surface area contributed by atoms with Gasteiger partial charge in [0.05, 0.1) is 13.7 Å². The molecule has 5 amide bonds. The molecule has 0 saturated heterocycles. The molecule has 0 bridgehead atoms. The number of ketones is 2. The molecule has 4 atom stereocenters. The summed E-state index contributed by atoms with van der Waals surface area (Å²) >= 11 is 0. The molecule has 0 spiro atoms. The maximum absolute atomic E-state index is 13.8. The summed E-state index contributed by atoms with van der Waals surface area (Å²) in [6.07, 6.45) is 5.65. The molecule has 0 radical (unpaired) electrons. The lowest BCUT2D eigenvalue weighted by Crippen LogP contribution is -2.50. The van der Waals surface area contributed by atoms with Gasteiger partial charge in [-0.05, 0) is 78.6 Å². The summed E-state index contributed by atoms with van der Waals surface area (Å²) in [6.45, 7) is 5.08. The smallest absolute Gasteiger partial charge is 0.323 e. The summed E-state index contributed by atoms with van der Waals surface area (Å²) in [5, 5.41) is 21.4. The van der Waals surface area contributed by atoms with Gasteiger partial charge in [-0.1, -0.05) is 88.4 Å². The number of nitrogens with one attached hydrogen (secondary N) is 4.